The van der Waals surface area contributed by atoms with Crippen molar-refractivity contribution < 1.29 is 0 Å². The molecule has 0 aliphatic carbocycles. The summed E-state index contributed by atoms with van der Waals surface area (Å²) in [5, 5.41) is 3.37. The zero-order valence-electron chi connectivity index (χ0n) is 9.34. The van der Waals surface area contributed by atoms with Crippen LogP contribution in [-0.4, -0.2) is 4.98 Å². The van der Waals surface area contributed by atoms with Gasteiger partial charge in [-0.3, -0.25) is 0 Å². The van der Waals surface area contributed by atoms with Crippen molar-refractivity contribution in [3.8, 4) is 0 Å². The molecular formula is C12H12BrClN2S. The Morgan fingerprint density at radius 3 is 2.94 bits per heavy atom. The molecule has 0 unspecified atom stereocenters. The third kappa shape index (κ3) is 3.44. The lowest BCUT2D eigenvalue weighted by molar-refractivity contribution is 1.11. The Morgan fingerprint density at radius 1 is 1.47 bits per heavy atom. The van der Waals surface area contributed by atoms with Crippen LogP contribution < -0.4 is 5.32 Å². The molecule has 0 radical (unpaired) electrons. The molecule has 0 fully saturated rings. The van der Waals surface area contributed by atoms with E-state index in [-0.39, 0.29) is 0 Å². The molecule has 0 aliphatic rings. The second-order valence-corrected chi connectivity index (χ2v) is 6.14. The van der Waals surface area contributed by atoms with Gasteiger partial charge in [0.25, 0.3) is 0 Å². The van der Waals surface area contributed by atoms with Crippen LogP contribution in [0.2, 0.25) is 4.47 Å². The third-order valence-electron chi connectivity index (χ3n) is 2.42. The van der Waals surface area contributed by atoms with Gasteiger partial charge in [-0.15, -0.1) is 11.3 Å². The lowest BCUT2D eigenvalue weighted by atomic mass is 10.1. The van der Waals surface area contributed by atoms with Crippen LogP contribution >= 0.6 is 38.9 Å². The predicted molar refractivity (Wildman–Crippen MR) is 78.0 cm³/mol. The standard InChI is InChI=1S/C12H12BrClN2S/c1-2-8-5-9(3-4-11(8)13)15-6-10-7-16-12(14)17-10/h3-5,7,15H,2,6H2,1H3. The van der Waals surface area contributed by atoms with Crippen LogP contribution in [0.15, 0.2) is 28.9 Å². The van der Waals surface area contributed by atoms with Crippen molar-refractivity contribution in [2.45, 2.75) is 19.9 Å². The van der Waals surface area contributed by atoms with E-state index in [4.69, 9.17) is 11.6 Å². The van der Waals surface area contributed by atoms with E-state index in [1.807, 2.05) is 0 Å². The molecule has 0 atom stereocenters. The van der Waals surface area contributed by atoms with Crippen molar-refractivity contribution in [3.63, 3.8) is 0 Å². The number of hydrogen-bond donors (Lipinski definition) is 1. The number of anilines is 1. The van der Waals surface area contributed by atoms with E-state index in [0.29, 0.717) is 4.47 Å². The molecule has 1 heterocycles. The molecule has 17 heavy (non-hydrogen) atoms. The quantitative estimate of drug-likeness (QED) is 0.875. The van der Waals surface area contributed by atoms with Gasteiger partial charge in [-0.1, -0.05) is 34.5 Å². The maximum atomic E-state index is 5.78. The van der Waals surface area contributed by atoms with Gasteiger partial charge in [0.15, 0.2) is 4.47 Å². The van der Waals surface area contributed by atoms with Gasteiger partial charge in [0, 0.05) is 21.2 Å². The molecule has 1 N–H and O–H groups in total. The molecule has 5 heteroatoms. The smallest absolute Gasteiger partial charge is 0.183 e. The highest BCUT2D eigenvalue weighted by Crippen LogP contribution is 2.23. The number of benzene rings is 1. The Kier molecular flexibility index (Phi) is 4.42. The first-order valence-corrected chi connectivity index (χ1v) is 7.30. The molecule has 1 aromatic carbocycles. The molecule has 0 saturated carbocycles. The predicted octanol–water partition coefficient (Wildman–Crippen LogP) is 4.73. The van der Waals surface area contributed by atoms with Gasteiger partial charge in [0.05, 0.1) is 6.54 Å². The number of halogens is 2. The number of aromatic nitrogens is 1. The molecule has 0 bridgehead atoms. The Bertz CT molecular complexity index is 513. The maximum Gasteiger partial charge on any atom is 0.183 e. The van der Waals surface area contributed by atoms with Crippen molar-refractivity contribution in [2.75, 3.05) is 5.32 Å². The Hall–Kier alpha value is -0.580. The van der Waals surface area contributed by atoms with E-state index in [0.717, 1.165) is 28.0 Å². The minimum Gasteiger partial charge on any atom is -0.380 e. The lowest BCUT2D eigenvalue weighted by Crippen LogP contribution is -1.98. The van der Waals surface area contributed by atoms with Crippen LogP contribution in [0.1, 0.15) is 17.4 Å². The monoisotopic (exact) mass is 330 g/mol. The minimum absolute atomic E-state index is 0.590. The summed E-state index contributed by atoms with van der Waals surface area (Å²) in [7, 11) is 0. The van der Waals surface area contributed by atoms with Crippen LogP contribution in [0.25, 0.3) is 0 Å². The summed E-state index contributed by atoms with van der Waals surface area (Å²) in [6.07, 6.45) is 2.82. The fourth-order valence-electron chi connectivity index (χ4n) is 1.51. The zero-order valence-corrected chi connectivity index (χ0v) is 12.5. The van der Waals surface area contributed by atoms with E-state index in [1.165, 1.54) is 16.9 Å². The molecule has 0 saturated heterocycles. The number of hydrogen-bond acceptors (Lipinski definition) is 3. The molecule has 2 aromatic rings. The molecule has 0 spiro atoms. The largest absolute Gasteiger partial charge is 0.380 e. The first kappa shape index (κ1) is 12.9. The summed E-state index contributed by atoms with van der Waals surface area (Å²) in [5.41, 5.74) is 2.42. The summed E-state index contributed by atoms with van der Waals surface area (Å²) in [6, 6.07) is 6.29. The number of rotatable bonds is 4. The van der Waals surface area contributed by atoms with Crippen molar-refractivity contribution in [2.24, 2.45) is 0 Å². The van der Waals surface area contributed by atoms with Gasteiger partial charge < -0.3 is 5.32 Å². The van der Waals surface area contributed by atoms with Crippen molar-refractivity contribution in [3.05, 3.63) is 43.8 Å². The first-order valence-electron chi connectivity index (χ1n) is 5.31. The fourth-order valence-corrected chi connectivity index (χ4v) is 2.95. The molecule has 1 aromatic heterocycles. The Balaban J connectivity index is 2.04. The topological polar surface area (TPSA) is 24.9 Å². The average molecular weight is 332 g/mol. The lowest BCUT2D eigenvalue weighted by Gasteiger charge is -2.08. The summed E-state index contributed by atoms with van der Waals surface area (Å²) in [6.45, 7) is 2.90. The summed E-state index contributed by atoms with van der Waals surface area (Å²) >= 11 is 10.8. The number of thiazole rings is 1. The van der Waals surface area contributed by atoms with E-state index in [9.17, 15) is 0 Å². The Morgan fingerprint density at radius 2 is 2.29 bits per heavy atom. The van der Waals surface area contributed by atoms with E-state index in [1.54, 1.807) is 6.20 Å². The first-order chi connectivity index (χ1) is 8.19. The SMILES string of the molecule is CCc1cc(NCc2cnc(Cl)s2)ccc1Br. The molecule has 2 rings (SSSR count). The van der Waals surface area contributed by atoms with Crippen LogP contribution in [0.4, 0.5) is 5.69 Å². The molecular weight excluding hydrogens is 320 g/mol. The van der Waals surface area contributed by atoms with Crippen molar-refractivity contribution >= 4 is 44.6 Å². The van der Waals surface area contributed by atoms with Crippen molar-refractivity contribution in [1.29, 1.82) is 0 Å². The van der Waals surface area contributed by atoms with Crippen LogP contribution in [0.5, 0.6) is 0 Å². The van der Waals surface area contributed by atoms with Gasteiger partial charge in [0.1, 0.15) is 0 Å². The highest BCUT2D eigenvalue weighted by atomic mass is 79.9. The number of nitrogens with one attached hydrogen (secondary N) is 1. The second kappa shape index (κ2) is 5.85. The van der Waals surface area contributed by atoms with Crippen LogP contribution in [-0.2, 0) is 13.0 Å². The number of nitrogens with zero attached hydrogens (tertiary/aromatic N) is 1. The number of aryl methyl sites for hydroxylation is 1. The van der Waals surface area contributed by atoms with Gasteiger partial charge >= 0.3 is 0 Å². The normalized spacial score (nSPS) is 10.5. The molecule has 0 aliphatic heterocycles. The summed E-state index contributed by atoms with van der Waals surface area (Å²) in [4.78, 5) is 5.15. The van der Waals surface area contributed by atoms with Gasteiger partial charge in [-0.2, -0.15) is 0 Å². The second-order valence-electron chi connectivity index (χ2n) is 3.59. The minimum atomic E-state index is 0.590. The van der Waals surface area contributed by atoms with E-state index >= 15 is 0 Å². The highest BCUT2D eigenvalue weighted by molar-refractivity contribution is 9.10. The highest BCUT2D eigenvalue weighted by Gasteiger charge is 2.02. The fraction of sp³-hybridized carbons (Fsp3) is 0.250. The van der Waals surface area contributed by atoms with E-state index in [2.05, 4.69) is 51.4 Å². The Labute approximate surface area is 118 Å². The van der Waals surface area contributed by atoms with E-state index < -0.39 is 0 Å². The molecule has 0 amide bonds. The van der Waals surface area contributed by atoms with Gasteiger partial charge in [-0.05, 0) is 30.2 Å². The third-order valence-corrected chi connectivity index (χ3v) is 4.31. The average Bonchev–Trinajstić information content (AvgIpc) is 2.74. The van der Waals surface area contributed by atoms with Gasteiger partial charge in [0.2, 0.25) is 0 Å². The molecule has 90 valence electrons. The summed E-state index contributed by atoms with van der Waals surface area (Å²) < 4.78 is 1.75. The summed E-state index contributed by atoms with van der Waals surface area (Å²) in [5.74, 6) is 0. The zero-order chi connectivity index (χ0) is 12.3. The maximum absolute atomic E-state index is 5.78. The van der Waals surface area contributed by atoms with Crippen LogP contribution in [0.3, 0.4) is 0 Å². The van der Waals surface area contributed by atoms with Crippen molar-refractivity contribution in [1.82, 2.24) is 4.98 Å². The van der Waals surface area contributed by atoms with Crippen LogP contribution in [0, 0.1) is 0 Å². The van der Waals surface area contributed by atoms with Gasteiger partial charge in [-0.25, -0.2) is 4.98 Å². The molecule has 2 nitrogen and oxygen atoms in total.